The number of methoxy groups -OCH3 is 1. The minimum absolute atomic E-state index is 0.00122. The van der Waals surface area contributed by atoms with Gasteiger partial charge in [0.15, 0.2) is 23.2 Å². The summed E-state index contributed by atoms with van der Waals surface area (Å²) in [5.74, 6) is -2.78. The molecule has 2 nitrogen and oxygen atoms in total. The lowest BCUT2D eigenvalue weighted by molar-refractivity contribution is 0.0655. The van der Waals surface area contributed by atoms with Crippen LogP contribution in [0.5, 0.6) is 5.75 Å². The molecule has 0 saturated heterocycles. The lowest BCUT2D eigenvalue weighted by Gasteiger charge is -2.31. The van der Waals surface area contributed by atoms with Crippen molar-refractivity contribution in [3.8, 4) is 5.75 Å². The second-order valence-corrected chi connectivity index (χ2v) is 10.1. The van der Waals surface area contributed by atoms with E-state index in [0.29, 0.717) is 29.0 Å². The van der Waals surface area contributed by atoms with Crippen LogP contribution in [0.25, 0.3) is 0 Å². The molecule has 0 spiro atoms. The average molecular weight is 493 g/mol. The van der Waals surface area contributed by atoms with E-state index in [0.717, 1.165) is 57.8 Å². The van der Waals surface area contributed by atoms with Gasteiger partial charge in [-0.1, -0.05) is 18.2 Å². The number of benzene rings is 2. The standard InChI is InChI=1S/C29H36F4O2/c1-3-35-25-17-12-21(26(30)29(25)33)9-6-18-4-7-19(8-5-18)23-15-16-24(28(32)27(23)31)20-10-13-22(34-2)14-11-20/h12,15-20,22H,3-11,13-14H2,1-2H3. The molecule has 0 aliphatic heterocycles. The van der Waals surface area contributed by atoms with Crippen molar-refractivity contribution in [3.63, 3.8) is 0 Å². The highest BCUT2D eigenvalue weighted by Gasteiger charge is 2.30. The molecule has 0 heterocycles. The largest absolute Gasteiger partial charge is 0.491 e. The van der Waals surface area contributed by atoms with E-state index < -0.39 is 23.3 Å². The van der Waals surface area contributed by atoms with Crippen molar-refractivity contribution in [2.24, 2.45) is 5.92 Å². The Kier molecular flexibility index (Phi) is 8.74. The number of ether oxygens (including phenoxy) is 2. The number of halogens is 4. The zero-order chi connectivity index (χ0) is 24.9. The summed E-state index contributed by atoms with van der Waals surface area (Å²) < 4.78 is 69.1. The summed E-state index contributed by atoms with van der Waals surface area (Å²) in [7, 11) is 1.70. The zero-order valence-electron chi connectivity index (χ0n) is 20.7. The average Bonchev–Trinajstić information content (AvgIpc) is 2.88. The van der Waals surface area contributed by atoms with Crippen LogP contribution in [0.4, 0.5) is 17.6 Å². The molecule has 2 aliphatic carbocycles. The Labute approximate surface area is 206 Å². The molecule has 0 radical (unpaired) electrons. The molecule has 2 aliphatic rings. The van der Waals surface area contributed by atoms with Gasteiger partial charge in [-0.2, -0.15) is 4.39 Å². The molecule has 2 saturated carbocycles. The molecule has 0 N–H and O–H groups in total. The van der Waals surface area contributed by atoms with E-state index in [4.69, 9.17) is 9.47 Å². The SMILES string of the molecule is CCOc1ccc(CCC2CCC(c3ccc(C4CCC(OC)CC4)c(F)c3F)CC2)c(F)c1F. The van der Waals surface area contributed by atoms with Crippen molar-refractivity contribution < 1.29 is 27.0 Å². The Balaban J connectivity index is 1.32. The molecular weight excluding hydrogens is 456 g/mol. The molecule has 0 aromatic heterocycles. The van der Waals surface area contributed by atoms with Crippen molar-refractivity contribution in [1.82, 2.24) is 0 Å². The fourth-order valence-corrected chi connectivity index (χ4v) is 5.97. The van der Waals surface area contributed by atoms with Crippen molar-refractivity contribution in [3.05, 3.63) is 64.2 Å². The molecule has 192 valence electrons. The Morgan fingerprint density at radius 1 is 0.714 bits per heavy atom. The topological polar surface area (TPSA) is 18.5 Å². The molecule has 6 heteroatoms. The lowest BCUT2D eigenvalue weighted by Crippen LogP contribution is -2.20. The fourth-order valence-electron chi connectivity index (χ4n) is 5.97. The first kappa shape index (κ1) is 26.0. The Hall–Kier alpha value is -2.08. The second-order valence-electron chi connectivity index (χ2n) is 10.1. The second kappa shape index (κ2) is 11.8. The van der Waals surface area contributed by atoms with Gasteiger partial charge in [0.2, 0.25) is 5.82 Å². The highest BCUT2D eigenvalue weighted by atomic mass is 19.2. The third-order valence-corrected chi connectivity index (χ3v) is 8.12. The van der Waals surface area contributed by atoms with Crippen LogP contribution in [0.15, 0.2) is 24.3 Å². The van der Waals surface area contributed by atoms with E-state index in [2.05, 4.69) is 0 Å². The number of aryl methyl sites for hydroxylation is 1. The van der Waals surface area contributed by atoms with Crippen LogP contribution in [0.3, 0.4) is 0 Å². The van der Waals surface area contributed by atoms with Crippen LogP contribution in [0.2, 0.25) is 0 Å². The predicted octanol–water partition coefficient (Wildman–Crippen LogP) is 8.22. The quantitative estimate of drug-likeness (QED) is 0.346. The molecule has 35 heavy (non-hydrogen) atoms. The van der Waals surface area contributed by atoms with Crippen molar-refractivity contribution in [2.45, 2.75) is 89.1 Å². The molecule has 2 aromatic rings. The Bertz CT molecular complexity index is 993. The van der Waals surface area contributed by atoms with Gasteiger partial charge < -0.3 is 9.47 Å². The van der Waals surface area contributed by atoms with Crippen LogP contribution < -0.4 is 4.74 Å². The first-order valence-corrected chi connectivity index (χ1v) is 13.0. The summed E-state index contributed by atoms with van der Waals surface area (Å²) in [5, 5.41) is 0. The monoisotopic (exact) mass is 492 g/mol. The molecule has 4 rings (SSSR count). The van der Waals surface area contributed by atoms with Gasteiger partial charge in [0, 0.05) is 7.11 Å². The van der Waals surface area contributed by atoms with Gasteiger partial charge in [-0.15, -0.1) is 0 Å². The summed E-state index contributed by atoms with van der Waals surface area (Å²) >= 11 is 0. The molecule has 0 unspecified atom stereocenters. The highest BCUT2D eigenvalue weighted by Crippen LogP contribution is 2.41. The summed E-state index contributed by atoms with van der Waals surface area (Å²) in [6, 6.07) is 6.66. The van der Waals surface area contributed by atoms with E-state index in [1.165, 1.54) is 6.07 Å². The predicted molar refractivity (Wildman–Crippen MR) is 129 cm³/mol. The maximum absolute atomic E-state index is 15.1. The number of rotatable bonds is 8. The van der Waals surface area contributed by atoms with Crippen molar-refractivity contribution >= 4 is 0 Å². The van der Waals surface area contributed by atoms with Gasteiger partial charge in [-0.05, 0) is 112 Å². The Morgan fingerprint density at radius 2 is 1.29 bits per heavy atom. The van der Waals surface area contributed by atoms with Crippen LogP contribution in [-0.2, 0) is 11.2 Å². The van der Waals surface area contributed by atoms with E-state index >= 15 is 8.78 Å². The molecular formula is C29H36F4O2. The molecule has 2 aromatic carbocycles. The molecule has 0 amide bonds. The van der Waals surface area contributed by atoms with E-state index in [1.54, 1.807) is 32.2 Å². The highest BCUT2D eigenvalue weighted by molar-refractivity contribution is 5.33. The molecule has 0 bridgehead atoms. The van der Waals surface area contributed by atoms with Crippen LogP contribution in [0, 0.1) is 29.2 Å². The minimum atomic E-state index is -0.930. The normalized spacial score (nSPS) is 25.0. The minimum Gasteiger partial charge on any atom is -0.491 e. The fraction of sp³-hybridized carbons (Fsp3) is 0.586. The van der Waals surface area contributed by atoms with Crippen molar-refractivity contribution in [1.29, 1.82) is 0 Å². The third kappa shape index (κ3) is 5.84. The van der Waals surface area contributed by atoms with Crippen molar-refractivity contribution in [2.75, 3.05) is 13.7 Å². The summed E-state index contributed by atoms with van der Waals surface area (Å²) in [5.41, 5.74) is 1.34. The lowest BCUT2D eigenvalue weighted by atomic mass is 9.76. The first-order chi connectivity index (χ1) is 16.9. The van der Waals surface area contributed by atoms with E-state index in [9.17, 15) is 8.78 Å². The van der Waals surface area contributed by atoms with Gasteiger partial charge in [0.1, 0.15) is 0 Å². The van der Waals surface area contributed by atoms with Gasteiger partial charge in [0.05, 0.1) is 12.7 Å². The summed E-state index contributed by atoms with van der Waals surface area (Å²) in [6.07, 6.45) is 8.10. The zero-order valence-corrected chi connectivity index (χ0v) is 20.7. The smallest absolute Gasteiger partial charge is 0.200 e. The van der Waals surface area contributed by atoms with Gasteiger partial charge in [0.25, 0.3) is 0 Å². The van der Waals surface area contributed by atoms with Crippen LogP contribution in [0.1, 0.15) is 93.2 Å². The number of hydrogen-bond acceptors (Lipinski definition) is 2. The van der Waals surface area contributed by atoms with Crippen LogP contribution >= 0.6 is 0 Å². The first-order valence-electron chi connectivity index (χ1n) is 13.0. The van der Waals surface area contributed by atoms with Crippen LogP contribution in [-0.4, -0.2) is 19.8 Å². The molecule has 0 atom stereocenters. The van der Waals surface area contributed by atoms with Gasteiger partial charge >= 0.3 is 0 Å². The van der Waals surface area contributed by atoms with E-state index in [-0.39, 0.29) is 30.3 Å². The van der Waals surface area contributed by atoms with E-state index in [1.807, 2.05) is 0 Å². The number of hydrogen-bond donors (Lipinski definition) is 0. The summed E-state index contributed by atoms with van der Waals surface area (Å²) in [4.78, 5) is 0. The maximum atomic E-state index is 15.1. The van der Waals surface area contributed by atoms with Gasteiger partial charge in [-0.25, -0.2) is 13.2 Å². The Morgan fingerprint density at radius 3 is 1.83 bits per heavy atom. The maximum Gasteiger partial charge on any atom is 0.200 e. The van der Waals surface area contributed by atoms with Gasteiger partial charge in [-0.3, -0.25) is 0 Å². The molecule has 2 fully saturated rings. The summed E-state index contributed by atoms with van der Waals surface area (Å²) in [6.45, 7) is 2.01. The third-order valence-electron chi connectivity index (χ3n) is 8.12.